The van der Waals surface area contributed by atoms with E-state index in [4.69, 9.17) is 6.42 Å². The average molecular weight is 355 g/mol. The van der Waals surface area contributed by atoms with E-state index in [2.05, 4.69) is 10.9 Å². The maximum absolute atomic E-state index is 13.4. The van der Waals surface area contributed by atoms with Crippen molar-refractivity contribution < 1.29 is 14.1 Å². The molecule has 0 fully saturated rings. The minimum absolute atomic E-state index is 0.115. The molecule has 1 aromatic heterocycles. The molecule has 2 aromatic carbocycles. The van der Waals surface area contributed by atoms with Gasteiger partial charge in [-0.15, -0.1) is 6.42 Å². The third-order valence-corrected chi connectivity index (χ3v) is 4.46. The van der Waals surface area contributed by atoms with Gasteiger partial charge >= 0.3 is 0 Å². The predicted molar refractivity (Wildman–Crippen MR) is 91.6 cm³/mol. The van der Waals surface area contributed by atoms with E-state index >= 15 is 0 Å². The fourth-order valence-electron chi connectivity index (χ4n) is 2.25. The molecule has 0 radical (unpaired) electrons. The number of halogens is 1. The van der Waals surface area contributed by atoms with Crippen LogP contribution >= 0.6 is 11.3 Å². The van der Waals surface area contributed by atoms with Gasteiger partial charge in [0.05, 0.1) is 21.7 Å². The van der Waals surface area contributed by atoms with Gasteiger partial charge in [-0.2, -0.15) is 4.99 Å². The van der Waals surface area contributed by atoms with Crippen molar-refractivity contribution in [2.45, 2.75) is 6.54 Å². The SMILES string of the molecule is C#CCn1c(=NC(=O)c2ccc([N+](=O)[O-])cc2)sc2cc(F)ccc21. The Labute approximate surface area is 145 Å². The summed E-state index contributed by atoms with van der Waals surface area (Å²) in [7, 11) is 0. The van der Waals surface area contributed by atoms with E-state index in [1.165, 1.54) is 36.4 Å². The minimum atomic E-state index is -0.562. The molecule has 8 heteroatoms. The fraction of sp³-hybridized carbons (Fsp3) is 0.0588. The van der Waals surface area contributed by atoms with Crippen LogP contribution in [0.3, 0.4) is 0 Å². The molecule has 0 atom stereocenters. The first-order valence-corrected chi connectivity index (χ1v) is 7.87. The van der Waals surface area contributed by atoms with Crippen LogP contribution in [0.4, 0.5) is 10.1 Å². The molecule has 0 aliphatic carbocycles. The number of rotatable bonds is 3. The number of fused-ring (bicyclic) bond motifs is 1. The summed E-state index contributed by atoms with van der Waals surface area (Å²) < 4.78 is 15.7. The highest BCUT2D eigenvalue weighted by atomic mass is 32.1. The summed E-state index contributed by atoms with van der Waals surface area (Å²) in [5.41, 5.74) is 0.775. The van der Waals surface area contributed by atoms with Crippen molar-refractivity contribution in [3.8, 4) is 12.3 Å². The maximum atomic E-state index is 13.4. The van der Waals surface area contributed by atoms with Crippen LogP contribution in [0.5, 0.6) is 0 Å². The van der Waals surface area contributed by atoms with Gasteiger partial charge in [0.2, 0.25) is 0 Å². The number of benzene rings is 2. The van der Waals surface area contributed by atoms with Crippen molar-refractivity contribution in [2.24, 2.45) is 4.99 Å². The standard InChI is InChI=1S/C17H10FN3O3S/c1-2-9-20-14-8-5-12(18)10-15(14)25-17(20)19-16(22)11-3-6-13(7-4-11)21(23)24/h1,3-8,10H,9H2. The molecule has 0 N–H and O–H groups in total. The number of amides is 1. The lowest BCUT2D eigenvalue weighted by Crippen LogP contribution is -2.16. The van der Waals surface area contributed by atoms with Crippen LogP contribution in [0.15, 0.2) is 47.5 Å². The topological polar surface area (TPSA) is 77.5 Å². The number of nitro groups is 1. The first-order valence-electron chi connectivity index (χ1n) is 7.05. The van der Waals surface area contributed by atoms with E-state index < -0.39 is 16.6 Å². The second-order valence-electron chi connectivity index (χ2n) is 5.01. The molecule has 25 heavy (non-hydrogen) atoms. The molecular formula is C17H10FN3O3S. The lowest BCUT2D eigenvalue weighted by atomic mass is 10.2. The molecule has 0 aliphatic heterocycles. The van der Waals surface area contributed by atoms with E-state index in [9.17, 15) is 19.3 Å². The summed E-state index contributed by atoms with van der Waals surface area (Å²) in [6.07, 6.45) is 5.37. The molecule has 0 bridgehead atoms. The summed E-state index contributed by atoms with van der Waals surface area (Å²) in [6, 6.07) is 9.38. The Kier molecular flexibility index (Phi) is 4.41. The second kappa shape index (κ2) is 6.67. The van der Waals surface area contributed by atoms with E-state index in [-0.39, 0.29) is 17.8 Å². The summed E-state index contributed by atoms with van der Waals surface area (Å²) in [6.45, 7) is 0.179. The Morgan fingerprint density at radius 1 is 1.32 bits per heavy atom. The number of nitrogens with zero attached hydrogens (tertiary/aromatic N) is 3. The Morgan fingerprint density at radius 2 is 2.04 bits per heavy atom. The van der Waals surface area contributed by atoms with Crippen molar-refractivity contribution in [1.29, 1.82) is 0 Å². The van der Waals surface area contributed by atoms with Crippen molar-refractivity contribution in [2.75, 3.05) is 0 Å². The number of hydrogen-bond acceptors (Lipinski definition) is 4. The van der Waals surface area contributed by atoms with E-state index in [1.54, 1.807) is 10.6 Å². The van der Waals surface area contributed by atoms with Crippen LogP contribution in [-0.4, -0.2) is 15.4 Å². The molecule has 1 amide bonds. The van der Waals surface area contributed by atoms with Crippen LogP contribution in [-0.2, 0) is 6.54 Å². The average Bonchev–Trinajstić information content (AvgIpc) is 2.91. The normalized spacial score (nSPS) is 11.4. The van der Waals surface area contributed by atoms with Gasteiger partial charge in [0, 0.05) is 17.7 Å². The second-order valence-corrected chi connectivity index (χ2v) is 6.02. The molecule has 0 aliphatic rings. The first-order chi connectivity index (χ1) is 12.0. The number of thiazole rings is 1. The van der Waals surface area contributed by atoms with Gasteiger partial charge in [-0.25, -0.2) is 4.39 Å². The third-order valence-electron chi connectivity index (χ3n) is 3.42. The molecule has 6 nitrogen and oxygen atoms in total. The summed E-state index contributed by atoms with van der Waals surface area (Å²) >= 11 is 1.14. The number of non-ortho nitro benzene ring substituents is 1. The highest BCUT2D eigenvalue weighted by Crippen LogP contribution is 2.19. The molecule has 124 valence electrons. The highest BCUT2D eigenvalue weighted by Gasteiger charge is 2.11. The van der Waals surface area contributed by atoms with Crippen LogP contribution in [0.2, 0.25) is 0 Å². The number of hydrogen-bond donors (Lipinski definition) is 0. The van der Waals surface area contributed by atoms with Crippen LogP contribution in [0.1, 0.15) is 10.4 Å². The van der Waals surface area contributed by atoms with Gasteiger partial charge in [0.25, 0.3) is 11.6 Å². The Balaban J connectivity index is 2.08. The van der Waals surface area contributed by atoms with Crippen LogP contribution < -0.4 is 4.80 Å². The van der Waals surface area contributed by atoms with Gasteiger partial charge < -0.3 is 4.57 Å². The van der Waals surface area contributed by atoms with Gasteiger partial charge in [-0.1, -0.05) is 17.3 Å². The van der Waals surface area contributed by atoms with Crippen molar-refractivity contribution in [1.82, 2.24) is 4.57 Å². The summed E-state index contributed by atoms with van der Waals surface area (Å²) in [4.78, 5) is 26.8. The zero-order chi connectivity index (χ0) is 18.0. The van der Waals surface area contributed by atoms with E-state index in [0.717, 1.165) is 11.3 Å². The van der Waals surface area contributed by atoms with E-state index in [1.807, 2.05) is 0 Å². The molecule has 0 unspecified atom stereocenters. The number of carbonyl (C=O) groups excluding carboxylic acids is 1. The first kappa shape index (κ1) is 16.5. The van der Waals surface area contributed by atoms with Gasteiger partial charge in [0.15, 0.2) is 4.80 Å². The lowest BCUT2D eigenvalue weighted by Gasteiger charge is -1.99. The molecular weight excluding hydrogens is 345 g/mol. The molecule has 3 aromatic rings. The summed E-state index contributed by atoms with van der Waals surface area (Å²) in [5.74, 6) is 1.52. The Bertz CT molecular complexity index is 1090. The predicted octanol–water partition coefficient (Wildman–Crippen LogP) is 3.12. The fourth-order valence-corrected chi connectivity index (χ4v) is 3.31. The third kappa shape index (κ3) is 3.32. The quantitative estimate of drug-likeness (QED) is 0.411. The highest BCUT2D eigenvalue weighted by molar-refractivity contribution is 7.16. The molecule has 0 saturated heterocycles. The Hall–Kier alpha value is -3.31. The number of aromatic nitrogens is 1. The molecule has 0 spiro atoms. The van der Waals surface area contributed by atoms with Gasteiger partial charge in [0.1, 0.15) is 5.82 Å². The molecule has 0 saturated carbocycles. The molecule has 1 heterocycles. The molecule has 3 rings (SSSR count). The maximum Gasteiger partial charge on any atom is 0.279 e. The van der Waals surface area contributed by atoms with Crippen molar-refractivity contribution in [3.05, 3.63) is 68.8 Å². The zero-order valence-electron chi connectivity index (χ0n) is 12.7. The number of nitro benzene ring substituents is 1. The number of carbonyl (C=O) groups is 1. The Morgan fingerprint density at radius 3 is 2.68 bits per heavy atom. The van der Waals surface area contributed by atoms with Crippen LogP contribution in [0.25, 0.3) is 10.2 Å². The monoisotopic (exact) mass is 355 g/mol. The van der Waals surface area contributed by atoms with Crippen molar-refractivity contribution >= 4 is 33.1 Å². The minimum Gasteiger partial charge on any atom is -0.305 e. The largest absolute Gasteiger partial charge is 0.305 e. The van der Waals surface area contributed by atoms with Crippen molar-refractivity contribution in [3.63, 3.8) is 0 Å². The van der Waals surface area contributed by atoms with Gasteiger partial charge in [-0.05, 0) is 30.3 Å². The zero-order valence-corrected chi connectivity index (χ0v) is 13.5. The lowest BCUT2D eigenvalue weighted by molar-refractivity contribution is -0.384. The smallest absolute Gasteiger partial charge is 0.279 e. The van der Waals surface area contributed by atoms with Crippen LogP contribution in [0, 0.1) is 28.3 Å². The van der Waals surface area contributed by atoms with E-state index in [0.29, 0.717) is 15.0 Å². The number of terminal acetylenes is 1. The summed E-state index contributed by atoms with van der Waals surface area (Å²) in [5, 5.41) is 10.7. The van der Waals surface area contributed by atoms with Gasteiger partial charge in [-0.3, -0.25) is 14.9 Å².